The van der Waals surface area contributed by atoms with Crippen molar-refractivity contribution < 1.29 is 18.3 Å². The summed E-state index contributed by atoms with van der Waals surface area (Å²) in [5.41, 5.74) is 7.12. The number of hydrogen-bond acceptors (Lipinski definition) is 4. The van der Waals surface area contributed by atoms with Gasteiger partial charge in [-0.1, -0.05) is 0 Å². The zero-order valence-electron chi connectivity index (χ0n) is 12.7. The number of rotatable bonds is 4. The lowest BCUT2D eigenvalue weighted by Gasteiger charge is -2.10. The van der Waals surface area contributed by atoms with Crippen molar-refractivity contribution in [2.45, 2.75) is 11.8 Å². The number of H-pyrrole nitrogens is 1. The minimum atomic E-state index is -3.93. The van der Waals surface area contributed by atoms with Gasteiger partial charge in [0.15, 0.2) is 0 Å². The van der Waals surface area contributed by atoms with Gasteiger partial charge < -0.3 is 15.8 Å². The van der Waals surface area contributed by atoms with E-state index in [2.05, 4.69) is 9.71 Å². The average Bonchev–Trinajstić information content (AvgIpc) is 2.86. The largest absolute Gasteiger partial charge is 0.507 e. The Balaban J connectivity index is 1.98. The van der Waals surface area contributed by atoms with Gasteiger partial charge in [0.05, 0.1) is 10.5 Å². The Hall–Kier alpha value is -3.00. The number of phenols is 1. The summed E-state index contributed by atoms with van der Waals surface area (Å²) in [6.07, 6.45) is 0. The minimum Gasteiger partial charge on any atom is -0.507 e. The van der Waals surface area contributed by atoms with E-state index in [0.29, 0.717) is 5.69 Å². The van der Waals surface area contributed by atoms with E-state index in [-0.39, 0.29) is 16.2 Å². The maximum atomic E-state index is 12.5. The summed E-state index contributed by atoms with van der Waals surface area (Å²) in [6.45, 7) is 1.91. The number of carbonyl (C=O) groups is 1. The number of fused-ring (bicyclic) bond motifs is 1. The highest BCUT2D eigenvalue weighted by Gasteiger charge is 2.18. The lowest BCUT2D eigenvalue weighted by molar-refractivity contribution is 0.0997. The second kappa shape index (κ2) is 5.57. The first-order valence-electron chi connectivity index (χ1n) is 7.01. The molecule has 0 fully saturated rings. The number of carbonyl (C=O) groups excluding carboxylic acids is 1. The maximum Gasteiger partial charge on any atom is 0.261 e. The predicted molar refractivity (Wildman–Crippen MR) is 90.5 cm³/mol. The molecule has 2 aromatic carbocycles. The van der Waals surface area contributed by atoms with Crippen molar-refractivity contribution in [1.82, 2.24) is 4.98 Å². The van der Waals surface area contributed by atoms with Crippen LogP contribution in [0.15, 0.2) is 47.4 Å². The van der Waals surface area contributed by atoms with Crippen molar-refractivity contribution in [3.8, 4) is 5.75 Å². The lowest BCUT2D eigenvalue weighted by atomic mass is 10.2. The highest BCUT2D eigenvalue weighted by atomic mass is 32.2. The fourth-order valence-electron chi connectivity index (χ4n) is 2.43. The van der Waals surface area contributed by atoms with Gasteiger partial charge in [-0.15, -0.1) is 0 Å². The first-order valence-corrected chi connectivity index (χ1v) is 8.49. The van der Waals surface area contributed by atoms with Gasteiger partial charge in [-0.25, -0.2) is 8.42 Å². The van der Waals surface area contributed by atoms with Crippen LogP contribution in [0.1, 0.15) is 16.1 Å². The summed E-state index contributed by atoms with van der Waals surface area (Å²) < 4.78 is 27.4. The number of benzene rings is 2. The summed E-state index contributed by atoms with van der Waals surface area (Å²) in [7, 11) is -3.93. The van der Waals surface area contributed by atoms with E-state index in [4.69, 9.17) is 5.73 Å². The SMILES string of the molecule is Cc1cc2cc(NS(=O)(=O)c3ccc(O)c(C(N)=O)c3)ccc2[nH]1. The number of aromatic amines is 1. The van der Waals surface area contributed by atoms with E-state index in [9.17, 15) is 18.3 Å². The summed E-state index contributed by atoms with van der Waals surface area (Å²) in [4.78, 5) is 14.2. The van der Waals surface area contributed by atoms with Gasteiger partial charge in [0.1, 0.15) is 5.75 Å². The number of nitrogens with two attached hydrogens (primary N) is 1. The van der Waals surface area contributed by atoms with Crippen molar-refractivity contribution in [2.24, 2.45) is 5.73 Å². The van der Waals surface area contributed by atoms with Crippen molar-refractivity contribution in [3.63, 3.8) is 0 Å². The van der Waals surface area contributed by atoms with Gasteiger partial charge in [0, 0.05) is 22.3 Å². The predicted octanol–water partition coefficient (Wildman–Crippen LogP) is 2.08. The van der Waals surface area contributed by atoms with Crippen LogP contribution in [-0.4, -0.2) is 24.4 Å². The molecule has 1 amide bonds. The molecular formula is C16H15N3O4S. The van der Waals surface area contributed by atoms with Gasteiger partial charge in [0.2, 0.25) is 0 Å². The third-order valence-electron chi connectivity index (χ3n) is 3.55. The molecular weight excluding hydrogens is 330 g/mol. The Kier molecular flexibility index (Phi) is 3.69. The molecule has 8 heteroatoms. The first kappa shape index (κ1) is 15.9. The smallest absolute Gasteiger partial charge is 0.261 e. The molecule has 1 aromatic heterocycles. The highest BCUT2D eigenvalue weighted by molar-refractivity contribution is 7.92. The molecule has 0 radical (unpaired) electrons. The van der Waals surface area contributed by atoms with Gasteiger partial charge in [0.25, 0.3) is 15.9 Å². The summed E-state index contributed by atoms with van der Waals surface area (Å²) in [5, 5.41) is 10.4. The van der Waals surface area contributed by atoms with Crippen LogP contribution in [0.25, 0.3) is 10.9 Å². The number of sulfonamides is 1. The van der Waals surface area contributed by atoms with Crippen LogP contribution in [0.3, 0.4) is 0 Å². The summed E-state index contributed by atoms with van der Waals surface area (Å²) in [5.74, 6) is -1.28. The Labute approximate surface area is 138 Å². The molecule has 0 aliphatic heterocycles. The number of hydrogen-bond donors (Lipinski definition) is 4. The number of aryl methyl sites for hydroxylation is 1. The molecule has 0 saturated carbocycles. The molecule has 0 aliphatic rings. The number of primary amides is 1. The first-order chi connectivity index (χ1) is 11.3. The van der Waals surface area contributed by atoms with Crippen LogP contribution >= 0.6 is 0 Å². The molecule has 0 spiro atoms. The number of aromatic nitrogens is 1. The van der Waals surface area contributed by atoms with Gasteiger partial charge >= 0.3 is 0 Å². The van der Waals surface area contributed by atoms with Gasteiger partial charge in [-0.05, 0) is 49.4 Å². The molecule has 1 heterocycles. The standard InChI is InChI=1S/C16H15N3O4S/c1-9-6-10-7-11(2-4-14(10)18-9)19-24(22,23)12-3-5-15(20)13(8-12)16(17)21/h2-8,18-20H,1H3,(H2,17,21). The Morgan fingerprint density at radius 3 is 2.62 bits per heavy atom. The summed E-state index contributed by atoms with van der Waals surface area (Å²) >= 11 is 0. The molecule has 0 aliphatic carbocycles. The number of anilines is 1. The molecule has 0 bridgehead atoms. The zero-order valence-corrected chi connectivity index (χ0v) is 13.5. The molecule has 0 unspecified atom stereocenters. The highest BCUT2D eigenvalue weighted by Crippen LogP contribution is 2.25. The second-order valence-corrected chi connectivity index (χ2v) is 7.09. The molecule has 5 N–H and O–H groups in total. The number of aromatic hydroxyl groups is 1. The average molecular weight is 345 g/mol. The fraction of sp³-hybridized carbons (Fsp3) is 0.0625. The number of amides is 1. The maximum absolute atomic E-state index is 12.5. The summed E-state index contributed by atoms with van der Waals surface area (Å²) in [6, 6.07) is 10.4. The molecule has 3 rings (SSSR count). The van der Waals surface area contributed by atoms with Crippen LogP contribution in [0.4, 0.5) is 5.69 Å². The van der Waals surface area contributed by atoms with E-state index < -0.39 is 15.9 Å². The van der Waals surface area contributed by atoms with E-state index in [1.54, 1.807) is 18.2 Å². The monoisotopic (exact) mass is 345 g/mol. The van der Waals surface area contributed by atoms with Crippen LogP contribution in [0.2, 0.25) is 0 Å². The minimum absolute atomic E-state index is 0.167. The topological polar surface area (TPSA) is 125 Å². The van der Waals surface area contributed by atoms with E-state index in [0.717, 1.165) is 28.7 Å². The Morgan fingerprint density at radius 1 is 1.17 bits per heavy atom. The van der Waals surface area contributed by atoms with Crippen LogP contribution in [0, 0.1) is 6.92 Å². The normalized spacial score (nSPS) is 11.5. The van der Waals surface area contributed by atoms with E-state index >= 15 is 0 Å². The van der Waals surface area contributed by atoms with Crippen molar-refractivity contribution in [1.29, 1.82) is 0 Å². The molecule has 3 aromatic rings. The van der Waals surface area contributed by atoms with E-state index in [1.807, 2.05) is 13.0 Å². The fourth-order valence-corrected chi connectivity index (χ4v) is 3.51. The van der Waals surface area contributed by atoms with Crippen molar-refractivity contribution >= 4 is 32.5 Å². The van der Waals surface area contributed by atoms with Crippen molar-refractivity contribution in [2.75, 3.05) is 4.72 Å². The molecule has 0 atom stereocenters. The molecule has 124 valence electrons. The molecule has 24 heavy (non-hydrogen) atoms. The van der Waals surface area contributed by atoms with Crippen LogP contribution in [-0.2, 0) is 10.0 Å². The van der Waals surface area contributed by atoms with Crippen LogP contribution in [0.5, 0.6) is 5.75 Å². The lowest BCUT2D eigenvalue weighted by Crippen LogP contribution is -2.16. The molecule has 7 nitrogen and oxygen atoms in total. The third-order valence-corrected chi connectivity index (χ3v) is 4.93. The van der Waals surface area contributed by atoms with Gasteiger partial charge in [-0.3, -0.25) is 9.52 Å². The Bertz CT molecular complexity index is 1050. The van der Waals surface area contributed by atoms with Crippen LogP contribution < -0.4 is 10.5 Å². The zero-order chi connectivity index (χ0) is 17.5. The molecule has 0 saturated heterocycles. The third kappa shape index (κ3) is 2.91. The quantitative estimate of drug-likeness (QED) is 0.577. The van der Waals surface area contributed by atoms with Gasteiger partial charge in [-0.2, -0.15) is 0 Å². The van der Waals surface area contributed by atoms with E-state index in [1.165, 1.54) is 6.07 Å². The number of nitrogens with one attached hydrogen (secondary N) is 2. The van der Waals surface area contributed by atoms with Crippen molar-refractivity contribution in [3.05, 3.63) is 53.7 Å². The second-order valence-electron chi connectivity index (χ2n) is 5.40. The Morgan fingerprint density at radius 2 is 1.92 bits per heavy atom.